The molecule has 4 rings (SSSR count). The van der Waals surface area contributed by atoms with E-state index in [9.17, 15) is 4.79 Å². The number of carbonyl (C=O) groups is 1. The smallest absolute Gasteiger partial charge is 0.258 e. The molecule has 0 radical (unpaired) electrons. The Morgan fingerprint density at radius 3 is 2.82 bits per heavy atom. The van der Waals surface area contributed by atoms with Crippen LogP contribution in [0, 0.1) is 6.92 Å². The quantitative estimate of drug-likeness (QED) is 0.370. The van der Waals surface area contributed by atoms with E-state index < -0.39 is 0 Å². The highest BCUT2D eigenvalue weighted by atomic mass is 16.5. The molecule has 10 nitrogen and oxygen atoms in total. The SMILES string of the molecule is C=NC1=C(C(=NC)OCCOC)CCN(C(=O)c2c(C)oc3ncnc(NC4(C)CC4)c23)C1. The van der Waals surface area contributed by atoms with Crippen molar-refractivity contribution < 1.29 is 18.7 Å². The molecule has 1 aliphatic heterocycles. The average molecular weight is 455 g/mol. The Morgan fingerprint density at radius 1 is 1.36 bits per heavy atom. The molecule has 0 saturated heterocycles. The van der Waals surface area contributed by atoms with Crippen molar-refractivity contribution in [2.45, 2.75) is 38.6 Å². The van der Waals surface area contributed by atoms with Crippen LogP contribution in [0.3, 0.4) is 0 Å². The van der Waals surface area contributed by atoms with Crippen molar-refractivity contribution in [2.24, 2.45) is 9.98 Å². The molecule has 0 unspecified atom stereocenters. The highest BCUT2D eigenvalue weighted by molar-refractivity contribution is 6.10. The molecule has 0 bridgehead atoms. The molecule has 1 amide bonds. The summed E-state index contributed by atoms with van der Waals surface area (Å²) in [5.74, 6) is 1.49. The third-order valence-corrected chi connectivity index (χ3v) is 6.08. The van der Waals surface area contributed by atoms with Gasteiger partial charge in [-0.05, 0) is 39.8 Å². The zero-order chi connectivity index (χ0) is 23.6. The number of nitrogens with zero attached hydrogens (tertiary/aromatic N) is 5. The van der Waals surface area contributed by atoms with Gasteiger partial charge in [-0.25, -0.2) is 9.97 Å². The fraction of sp³-hybridized carbons (Fsp3) is 0.522. The van der Waals surface area contributed by atoms with Gasteiger partial charge in [0, 0.05) is 31.8 Å². The molecule has 10 heteroatoms. The number of rotatable bonds is 8. The van der Waals surface area contributed by atoms with Crippen LogP contribution in [0.2, 0.25) is 0 Å². The zero-order valence-corrected chi connectivity index (χ0v) is 19.6. The Morgan fingerprint density at radius 2 is 2.15 bits per heavy atom. The number of aromatic nitrogens is 2. The highest BCUT2D eigenvalue weighted by Gasteiger charge is 2.39. The molecule has 0 atom stereocenters. The van der Waals surface area contributed by atoms with Gasteiger partial charge in [0.05, 0.1) is 29.8 Å². The Kier molecular flexibility index (Phi) is 6.46. The lowest BCUT2D eigenvalue weighted by Crippen LogP contribution is -2.38. The Hall–Kier alpha value is -3.27. The van der Waals surface area contributed by atoms with E-state index in [-0.39, 0.29) is 11.4 Å². The molecule has 2 aliphatic rings. The fourth-order valence-corrected chi connectivity index (χ4v) is 3.96. The van der Waals surface area contributed by atoms with Gasteiger partial charge in [-0.1, -0.05) is 0 Å². The molecule has 176 valence electrons. The second-order valence-corrected chi connectivity index (χ2v) is 8.55. The van der Waals surface area contributed by atoms with Gasteiger partial charge in [0.15, 0.2) is 0 Å². The van der Waals surface area contributed by atoms with Crippen LogP contribution in [0.4, 0.5) is 5.82 Å². The predicted octanol–water partition coefficient (Wildman–Crippen LogP) is 2.99. The Balaban J connectivity index is 1.62. The summed E-state index contributed by atoms with van der Waals surface area (Å²) in [6, 6.07) is 0. The van der Waals surface area contributed by atoms with Gasteiger partial charge in [-0.2, -0.15) is 0 Å². The number of fused-ring (bicyclic) bond motifs is 1. The van der Waals surface area contributed by atoms with E-state index in [0.29, 0.717) is 72.6 Å². The maximum atomic E-state index is 13.7. The first kappa shape index (κ1) is 22.9. The second-order valence-electron chi connectivity index (χ2n) is 8.55. The van der Waals surface area contributed by atoms with Crippen molar-refractivity contribution in [2.75, 3.05) is 45.8 Å². The molecule has 1 N–H and O–H groups in total. The molecule has 0 spiro atoms. The van der Waals surface area contributed by atoms with Gasteiger partial charge in [0.1, 0.15) is 24.5 Å². The third-order valence-electron chi connectivity index (χ3n) is 6.08. The van der Waals surface area contributed by atoms with E-state index in [1.54, 1.807) is 26.0 Å². The third kappa shape index (κ3) is 4.61. The summed E-state index contributed by atoms with van der Waals surface area (Å²) in [7, 11) is 3.29. The van der Waals surface area contributed by atoms with Crippen LogP contribution in [0.15, 0.2) is 32.0 Å². The number of amides is 1. The van der Waals surface area contributed by atoms with E-state index >= 15 is 0 Å². The maximum absolute atomic E-state index is 13.7. The first-order valence-corrected chi connectivity index (χ1v) is 11.0. The van der Waals surface area contributed by atoms with E-state index in [2.05, 4.69) is 38.9 Å². The van der Waals surface area contributed by atoms with E-state index in [1.807, 2.05) is 0 Å². The maximum Gasteiger partial charge on any atom is 0.258 e. The standard InChI is InChI=1S/C23H30N6O4/c1-14-17(18-19(28-23(2)7-8-23)26-13-27-21(18)33-14)22(30)29-9-6-15(16(12-29)24-3)20(25-4)32-11-10-31-5/h13H,3,6-12H2,1-2,4-5H3,(H,26,27,28). The van der Waals surface area contributed by atoms with Crippen LogP contribution in [-0.4, -0.2) is 79.4 Å². The molecule has 1 aliphatic carbocycles. The summed E-state index contributed by atoms with van der Waals surface area (Å²) in [4.78, 5) is 32.5. The number of hydrogen-bond donors (Lipinski definition) is 1. The van der Waals surface area contributed by atoms with Crippen LogP contribution in [-0.2, 0) is 9.47 Å². The number of ether oxygens (including phenoxy) is 2. The zero-order valence-electron chi connectivity index (χ0n) is 19.6. The number of aryl methyl sites for hydroxylation is 1. The van der Waals surface area contributed by atoms with Crippen LogP contribution in [0.1, 0.15) is 42.3 Å². The number of aliphatic imine (C=N–C) groups is 2. The van der Waals surface area contributed by atoms with Gasteiger partial charge in [0.2, 0.25) is 11.6 Å². The molecule has 2 aromatic rings. The van der Waals surface area contributed by atoms with Crippen molar-refractivity contribution in [3.63, 3.8) is 0 Å². The number of furan rings is 1. The summed E-state index contributed by atoms with van der Waals surface area (Å²) < 4.78 is 16.6. The van der Waals surface area contributed by atoms with Gasteiger partial charge >= 0.3 is 0 Å². The summed E-state index contributed by atoms with van der Waals surface area (Å²) in [5.41, 5.74) is 2.39. The summed E-state index contributed by atoms with van der Waals surface area (Å²) in [6.07, 6.45) is 4.12. The van der Waals surface area contributed by atoms with Crippen LogP contribution in [0.25, 0.3) is 11.1 Å². The lowest BCUT2D eigenvalue weighted by molar-refractivity contribution is 0.0763. The van der Waals surface area contributed by atoms with Crippen molar-refractivity contribution in [3.8, 4) is 0 Å². The van der Waals surface area contributed by atoms with E-state index in [4.69, 9.17) is 13.9 Å². The second kappa shape index (κ2) is 9.30. The van der Waals surface area contributed by atoms with Crippen LogP contribution >= 0.6 is 0 Å². The van der Waals surface area contributed by atoms with Gasteiger partial charge in [-0.15, -0.1) is 0 Å². The molecule has 2 aromatic heterocycles. The summed E-state index contributed by atoms with van der Waals surface area (Å²) >= 11 is 0. The average Bonchev–Trinajstić information content (AvgIpc) is 3.43. The van der Waals surface area contributed by atoms with Gasteiger partial charge in [0.25, 0.3) is 5.91 Å². The fourth-order valence-electron chi connectivity index (χ4n) is 3.96. The van der Waals surface area contributed by atoms with E-state index in [0.717, 1.165) is 18.4 Å². The molecular formula is C23H30N6O4. The first-order chi connectivity index (χ1) is 15.9. The topological polar surface area (TPSA) is 114 Å². The molecule has 3 heterocycles. The van der Waals surface area contributed by atoms with Gasteiger partial charge < -0.3 is 24.1 Å². The van der Waals surface area contributed by atoms with Gasteiger partial charge in [-0.3, -0.25) is 14.8 Å². The van der Waals surface area contributed by atoms with E-state index in [1.165, 1.54) is 6.33 Å². The highest BCUT2D eigenvalue weighted by Crippen LogP contribution is 2.40. The van der Waals surface area contributed by atoms with Crippen molar-refractivity contribution in [1.82, 2.24) is 14.9 Å². The first-order valence-electron chi connectivity index (χ1n) is 11.0. The minimum atomic E-state index is -0.152. The molecule has 1 saturated carbocycles. The Labute approximate surface area is 192 Å². The number of methoxy groups -OCH3 is 1. The lowest BCUT2D eigenvalue weighted by Gasteiger charge is -2.29. The minimum absolute atomic E-state index is 0.00578. The molecule has 33 heavy (non-hydrogen) atoms. The summed E-state index contributed by atoms with van der Waals surface area (Å²) in [5, 5.41) is 4.08. The van der Waals surface area contributed by atoms with Crippen molar-refractivity contribution in [3.05, 3.63) is 28.9 Å². The number of carbonyl (C=O) groups excluding carboxylic acids is 1. The number of anilines is 1. The van der Waals surface area contributed by atoms with Crippen LogP contribution < -0.4 is 5.32 Å². The largest absolute Gasteiger partial charge is 0.475 e. The molecule has 0 aromatic carbocycles. The van der Waals surface area contributed by atoms with Crippen LogP contribution in [0.5, 0.6) is 0 Å². The normalized spacial score (nSPS) is 17.9. The lowest BCUT2D eigenvalue weighted by atomic mass is 10.0. The van der Waals surface area contributed by atoms with Crippen molar-refractivity contribution >= 4 is 35.4 Å². The molecular weight excluding hydrogens is 424 g/mol. The number of hydrogen-bond acceptors (Lipinski definition) is 9. The predicted molar refractivity (Wildman–Crippen MR) is 126 cm³/mol. The molecule has 1 fully saturated rings. The summed E-state index contributed by atoms with van der Waals surface area (Å²) in [6.45, 7) is 9.24. The minimum Gasteiger partial charge on any atom is -0.475 e. The van der Waals surface area contributed by atoms with Crippen molar-refractivity contribution in [1.29, 1.82) is 0 Å². The number of nitrogens with one attached hydrogen (secondary N) is 1. The Bertz CT molecular complexity index is 1130. The monoisotopic (exact) mass is 454 g/mol.